The molecule has 0 heterocycles. The van der Waals surface area contributed by atoms with Crippen molar-refractivity contribution in [1.29, 1.82) is 0 Å². The molecule has 0 spiro atoms. The summed E-state index contributed by atoms with van der Waals surface area (Å²) in [6, 6.07) is 13.0. The van der Waals surface area contributed by atoms with Crippen LogP contribution in [0, 0.1) is 5.82 Å². The third-order valence-corrected chi connectivity index (χ3v) is 4.21. The normalized spacial score (nSPS) is 10.3. The molecule has 0 bridgehead atoms. The Bertz CT molecular complexity index is 514. The van der Waals surface area contributed by atoms with Gasteiger partial charge in [0.05, 0.1) is 4.47 Å². The van der Waals surface area contributed by atoms with Gasteiger partial charge in [0.25, 0.3) is 0 Å². The number of halogens is 3. The van der Waals surface area contributed by atoms with Gasteiger partial charge < -0.3 is 4.74 Å². The average molecular weight is 360 g/mol. The molecule has 2 aromatic carbocycles. The van der Waals surface area contributed by atoms with Crippen molar-refractivity contribution >= 4 is 31.9 Å². The minimum Gasteiger partial charge on any atom is -0.486 e. The topological polar surface area (TPSA) is 9.23 Å². The highest BCUT2D eigenvalue weighted by molar-refractivity contribution is 9.13. The maximum Gasteiger partial charge on any atom is 0.180 e. The zero-order valence-electron chi connectivity index (χ0n) is 8.79. The van der Waals surface area contributed by atoms with E-state index in [0.29, 0.717) is 15.6 Å². The van der Waals surface area contributed by atoms with Crippen LogP contribution >= 0.6 is 31.9 Å². The van der Waals surface area contributed by atoms with Crippen LogP contribution < -0.4 is 4.74 Å². The summed E-state index contributed by atoms with van der Waals surface area (Å²) in [6.45, 7) is 0.353. The average Bonchev–Trinajstić information content (AvgIpc) is 2.36. The van der Waals surface area contributed by atoms with Gasteiger partial charge in [-0.25, -0.2) is 4.39 Å². The number of hydrogen-bond donors (Lipinski definition) is 0. The van der Waals surface area contributed by atoms with Crippen LogP contribution in [0.2, 0.25) is 0 Å². The van der Waals surface area contributed by atoms with E-state index in [4.69, 9.17) is 4.74 Å². The summed E-state index contributed by atoms with van der Waals surface area (Å²) < 4.78 is 20.2. The molecule has 0 aromatic heterocycles. The van der Waals surface area contributed by atoms with E-state index in [1.54, 1.807) is 12.1 Å². The molecule has 1 nitrogen and oxygen atoms in total. The lowest BCUT2D eigenvalue weighted by Crippen LogP contribution is -1.97. The summed E-state index contributed by atoms with van der Waals surface area (Å²) >= 11 is 6.39. The van der Waals surface area contributed by atoms with Gasteiger partial charge in [-0.05, 0) is 49.6 Å². The summed E-state index contributed by atoms with van der Waals surface area (Å²) in [5.41, 5.74) is 1.01. The van der Waals surface area contributed by atoms with Crippen molar-refractivity contribution < 1.29 is 9.13 Å². The molecular weight excluding hydrogens is 351 g/mol. The number of rotatable bonds is 3. The molecule has 0 amide bonds. The minimum absolute atomic E-state index is 0.240. The minimum atomic E-state index is -0.393. The van der Waals surface area contributed by atoms with Crippen LogP contribution in [0.25, 0.3) is 0 Å². The van der Waals surface area contributed by atoms with Gasteiger partial charge in [0.15, 0.2) is 11.6 Å². The van der Waals surface area contributed by atoms with Gasteiger partial charge >= 0.3 is 0 Å². The van der Waals surface area contributed by atoms with Crippen molar-refractivity contribution in [2.45, 2.75) is 6.61 Å². The van der Waals surface area contributed by atoms with Crippen molar-refractivity contribution in [2.75, 3.05) is 0 Å². The van der Waals surface area contributed by atoms with E-state index in [1.807, 2.05) is 30.3 Å². The Kier molecular flexibility index (Phi) is 4.18. The summed E-state index contributed by atoms with van der Waals surface area (Å²) in [7, 11) is 0. The first-order valence-electron chi connectivity index (χ1n) is 4.98. The zero-order valence-corrected chi connectivity index (χ0v) is 12.0. The van der Waals surface area contributed by atoms with Gasteiger partial charge in [-0.2, -0.15) is 0 Å². The maximum absolute atomic E-state index is 13.8. The van der Waals surface area contributed by atoms with E-state index in [0.717, 1.165) is 5.56 Å². The fraction of sp³-hybridized carbons (Fsp3) is 0.0769. The molecule has 0 aliphatic rings. The Hall–Kier alpha value is -0.870. The molecule has 0 aliphatic heterocycles. The van der Waals surface area contributed by atoms with Crippen molar-refractivity contribution in [3.8, 4) is 5.75 Å². The molecule has 0 radical (unpaired) electrons. The first-order valence-corrected chi connectivity index (χ1v) is 6.57. The van der Waals surface area contributed by atoms with E-state index >= 15 is 0 Å². The van der Waals surface area contributed by atoms with Crippen LogP contribution in [-0.4, -0.2) is 0 Å². The molecule has 0 N–H and O–H groups in total. The zero-order chi connectivity index (χ0) is 12.3. The maximum atomic E-state index is 13.8. The molecule has 0 aliphatic carbocycles. The second-order valence-electron chi connectivity index (χ2n) is 3.45. The first-order chi connectivity index (χ1) is 8.18. The van der Waals surface area contributed by atoms with Gasteiger partial charge in [0, 0.05) is 4.47 Å². The molecule has 0 unspecified atom stereocenters. The van der Waals surface area contributed by atoms with Crippen LogP contribution in [0.15, 0.2) is 51.4 Å². The SMILES string of the molecule is Fc1c(OCc2ccccc2)ccc(Br)c1Br. The summed E-state index contributed by atoms with van der Waals surface area (Å²) in [6.07, 6.45) is 0. The number of hydrogen-bond acceptors (Lipinski definition) is 1. The lowest BCUT2D eigenvalue weighted by atomic mass is 10.2. The molecule has 0 saturated carbocycles. The van der Waals surface area contributed by atoms with Gasteiger partial charge in [0.2, 0.25) is 0 Å². The predicted octanol–water partition coefficient (Wildman–Crippen LogP) is 4.93. The van der Waals surface area contributed by atoms with Crippen LogP contribution in [0.4, 0.5) is 4.39 Å². The van der Waals surface area contributed by atoms with E-state index in [1.165, 1.54) is 0 Å². The Morgan fingerprint density at radius 3 is 2.41 bits per heavy atom. The van der Waals surface area contributed by atoms with Crippen molar-refractivity contribution in [2.24, 2.45) is 0 Å². The fourth-order valence-electron chi connectivity index (χ4n) is 1.35. The van der Waals surface area contributed by atoms with E-state index < -0.39 is 5.82 Å². The Morgan fingerprint density at radius 1 is 1.00 bits per heavy atom. The lowest BCUT2D eigenvalue weighted by molar-refractivity contribution is 0.289. The van der Waals surface area contributed by atoms with Gasteiger partial charge in [-0.1, -0.05) is 30.3 Å². The molecule has 2 rings (SSSR count). The lowest BCUT2D eigenvalue weighted by Gasteiger charge is -2.09. The van der Waals surface area contributed by atoms with Crippen molar-refractivity contribution in [3.05, 3.63) is 62.8 Å². The van der Waals surface area contributed by atoms with Crippen molar-refractivity contribution in [3.63, 3.8) is 0 Å². The highest BCUT2D eigenvalue weighted by atomic mass is 79.9. The van der Waals surface area contributed by atoms with Crippen LogP contribution in [0.5, 0.6) is 5.75 Å². The highest BCUT2D eigenvalue weighted by Crippen LogP contribution is 2.32. The Labute approximate surface area is 116 Å². The van der Waals surface area contributed by atoms with Crippen LogP contribution in [0.3, 0.4) is 0 Å². The largest absolute Gasteiger partial charge is 0.486 e. The molecule has 17 heavy (non-hydrogen) atoms. The Balaban J connectivity index is 2.13. The van der Waals surface area contributed by atoms with Gasteiger partial charge in [-0.3, -0.25) is 0 Å². The van der Waals surface area contributed by atoms with E-state index in [-0.39, 0.29) is 5.75 Å². The summed E-state index contributed by atoms with van der Waals surface area (Å²) in [5.74, 6) is -0.153. The second kappa shape index (κ2) is 5.65. The monoisotopic (exact) mass is 358 g/mol. The summed E-state index contributed by atoms with van der Waals surface area (Å²) in [4.78, 5) is 0. The summed E-state index contributed by atoms with van der Waals surface area (Å²) in [5, 5.41) is 0. The first kappa shape index (κ1) is 12.6. The second-order valence-corrected chi connectivity index (χ2v) is 5.10. The molecule has 0 fully saturated rings. The third kappa shape index (κ3) is 3.07. The quantitative estimate of drug-likeness (QED) is 0.706. The molecule has 4 heteroatoms. The third-order valence-electron chi connectivity index (χ3n) is 2.24. The van der Waals surface area contributed by atoms with Crippen LogP contribution in [0.1, 0.15) is 5.56 Å². The number of benzene rings is 2. The van der Waals surface area contributed by atoms with Gasteiger partial charge in [0.1, 0.15) is 6.61 Å². The number of ether oxygens (including phenoxy) is 1. The molecule has 88 valence electrons. The van der Waals surface area contributed by atoms with Gasteiger partial charge in [-0.15, -0.1) is 0 Å². The van der Waals surface area contributed by atoms with E-state index in [2.05, 4.69) is 31.9 Å². The molecule has 2 aromatic rings. The smallest absolute Gasteiger partial charge is 0.180 e. The molecular formula is C13H9Br2FO. The Morgan fingerprint density at radius 2 is 1.71 bits per heavy atom. The van der Waals surface area contributed by atoms with Crippen molar-refractivity contribution in [1.82, 2.24) is 0 Å². The standard InChI is InChI=1S/C13H9Br2FO/c14-10-6-7-11(13(16)12(10)15)17-8-9-4-2-1-3-5-9/h1-7H,8H2. The van der Waals surface area contributed by atoms with E-state index in [9.17, 15) is 4.39 Å². The fourth-order valence-corrected chi connectivity index (χ4v) is 1.99. The highest BCUT2D eigenvalue weighted by Gasteiger charge is 2.10. The molecule has 0 atom stereocenters. The predicted molar refractivity (Wildman–Crippen MR) is 72.6 cm³/mol. The molecule has 0 saturated heterocycles. The van der Waals surface area contributed by atoms with Crippen LogP contribution in [-0.2, 0) is 6.61 Å².